The number of aliphatic hydroxyl groups excluding tert-OH is 1. The minimum absolute atomic E-state index is 0. The van der Waals surface area contributed by atoms with Crippen molar-refractivity contribution < 1.29 is 14.6 Å². The number of rotatable bonds is 2. The van der Waals surface area contributed by atoms with Gasteiger partial charge in [0.05, 0.1) is 6.61 Å². The van der Waals surface area contributed by atoms with Crippen LogP contribution in [0.15, 0.2) is 18.3 Å². The van der Waals surface area contributed by atoms with Gasteiger partial charge in [0.2, 0.25) is 0 Å². The van der Waals surface area contributed by atoms with Crippen molar-refractivity contribution in [2.45, 2.75) is 33.0 Å². The number of nitrogens with zero attached hydrogens (tertiary/aromatic N) is 1. The molecule has 0 bridgehead atoms. The van der Waals surface area contributed by atoms with Gasteiger partial charge in [0.15, 0.2) is 17.4 Å². The van der Waals surface area contributed by atoms with E-state index in [4.69, 9.17) is 9.84 Å². The molecule has 0 aliphatic heterocycles. The Labute approximate surface area is 130 Å². The average Bonchev–Trinajstić information content (AvgIpc) is 2.16. The molecule has 18 heavy (non-hydrogen) atoms. The summed E-state index contributed by atoms with van der Waals surface area (Å²) in [5.74, 6) is 0.395. The Hall–Kier alpha value is -0.490. The van der Waals surface area contributed by atoms with Crippen molar-refractivity contribution in [2.75, 3.05) is 5.32 Å². The molecule has 0 aliphatic rings. The number of amides is 1. The number of aromatic nitrogens is 1. The molecule has 5 nitrogen and oxygen atoms in total. The molecule has 0 spiro atoms. The second-order valence-corrected chi connectivity index (χ2v) is 4.34. The van der Waals surface area contributed by atoms with Crippen LogP contribution in [-0.4, -0.2) is 58.0 Å². The van der Waals surface area contributed by atoms with E-state index in [2.05, 4.69) is 10.3 Å². The molecule has 1 aromatic heterocycles. The number of carbonyl (C=O) groups excluding carboxylic acids is 1. The number of anilines is 1. The van der Waals surface area contributed by atoms with Gasteiger partial charge in [-0.05, 0) is 32.4 Å². The monoisotopic (exact) mass is 262 g/mol. The van der Waals surface area contributed by atoms with Crippen LogP contribution in [0.2, 0.25) is 0 Å². The van der Waals surface area contributed by atoms with Gasteiger partial charge >= 0.3 is 25.0 Å². The van der Waals surface area contributed by atoms with Crippen LogP contribution >= 0.6 is 0 Å². The molecule has 0 fully saturated rings. The number of pyridine rings is 1. The summed E-state index contributed by atoms with van der Waals surface area (Å²) in [4.78, 5) is 15.3. The Balaban J connectivity index is 0. The summed E-state index contributed by atoms with van der Waals surface area (Å²) in [6, 6.07) is 3.29. The van der Waals surface area contributed by atoms with Crippen LogP contribution in [0, 0.1) is 0 Å². The number of hydrogen-bond donors (Lipinski definition) is 2. The first kappa shape index (κ1) is 19.8. The van der Waals surface area contributed by atoms with Gasteiger partial charge in [0, 0.05) is 6.20 Å². The van der Waals surface area contributed by atoms with E-state index < -0.39 is 11.7 Å². The van der Waals surface area contributed by atoms with E-state index in [0.29, 0.717) is 11.4 Å². The molecular formula is C11H20AlLiN2O3. The first-order valence-corrected chi connectivity index (χ1v) is 4.96. The van der Waals surface area contributed by atoms with E-state index >= 15 is 0 Å². The zero-order chi connectivity index (χ0) is 12.2. The number of carbonyl (C=O) groups is 1. The second-order valence-electron chi connectivity index (χ2n) is 4.34. The maximum atomic E-state index is 11.4. The molecule has 1 heterocycles. The molecule has 0 radical (unpaired) electrons. The van der Waals surface area contributed by atoms with Gasteiger partial charge in [-0.15, -0.1) is 0 Å². The Kier molecular flexibility index (Phi) is 9.46. The molecule has 1 amide bonds. The predicted molar refractivity (Wildman–Crippen MR) is 77.1 cm³/mol. The van der Waals surface area contributed by atoms with Gasteiger partial charge in [-0.3, -0.25) is 5.32 Å². The van der Waals surface area contributed by atoms with Gasteiger partial charge in [0.1, 0.15) is 11.4 Å². The average molecular weight is 262 g/mol. The van der Waals surface area contributed by atoms with Crippen molar-refractivity contribution in [3.05, 3.63) is 23.9 Å². The Morgan fingerprint density at radius 1 is 1.44 bits per heavy atom. The quantitative estimate of drug-likeness (QED) is 0.741. The molecule has 0 saturated carbocycles. The fourth-order valence-electron chi connectivity index (χ4n) is 1.00. The van der Waals surface area contributed by atoms with Gasteiger partial charge in [0.25, 0.3) is 0 Å². The molecule has 7 heteroatoms. The molecule has 2 N–H and O–H groups in total. The fraction of sp³-hybridized carbons (Fsp3) is 0.455. The van der Waals surface area contributed by atoms with Crippen molar-refractivity contribution in [3.63, 3.8) is 0 Å². The van der Waals surface area contributed by atoms with Crippen molar-refractivity contribution >= 4 is 48.1 Å². The molecule has 0 unspecified atom stereocenters. The summed E-state index contributed by atoms with van der Waals surface area (Å²) >= 11 is 0. The summed E-state index contributed by atoms with van der Waals surface area (Å²) in [6.45, 7) is 5.29. The van der Waals surface area contributed by atoms with Crippen LogP contribution in [-0.2, 0) is 11.3 Å². The molecule has 1 rings (SSSR count). The molecular weight excluding hydrogens is 242 g/mol. The number of nitrogens with one attached hydrogen (secondary N) is 1. The number of ether oxygens (including phenoxy) is 1. The zero-order valence-corrected chi connectivity index (χ0v) is 9.65. The maximum absolute atomic E-state index is 11.4. The Bertz CT molecular complexity index is 366. The summed E-state index contributed by atoms with van der Waals surface area (Å²) in [5, 5.41) is 11.3. The Morgan fingerprint density at radius 2 is 2.06 bits per heavy atom. The van der Waals surface area contributed by atoms with Crippen LogP contribution in [0.1, 0.15) is 26.3 Å². The van der Waals surface area contributed by atoms with E-state index in [-0.39, 0.29) is 42.8 Å². The summed E-state index contributed by atoms with van der Waals surface area (Å²) in [6.07, 6.45) is 0.948. The second kappa shape index (κ2) is 8.58. The SMILES string of the molecule is CC(C)(C)OC(=O)Nc1ccc(CO)cn1.[AlH3].[LiH]. The molecule has 0 aromatic carbocycles. The van der Waals surface area contributed by atoms with Gasteiger partial charge in [-0.25, -0.2) is 9.78 Å². The van der Waals surface area contributed by atoms with Crippen LogP contribution in [0.5, 0.6) is 0 Å². The van der Waals surface area contributed by atoms with Crippen LogP contribution in [0.25, 0.3) is 0 Å². The predicted octanol–water partition coefficient (Wildman–Crippen LogP) is 0.0885. The van der Waals surface area contributed by atoms with Crippen LogP contribution in [0.3, 0.4) is 0 Å². The van der Waals surface area contributed by atoms with Crippen LogP contribution < -0.4 is 5.32 Å². The summed E-state index contributed by atoms with van der Waals surface area (Å²) in [5.41, 5.74) is 0.157. The summed E-state index contributed by atoms with van der Waals surface area (Å²) < 4.78 is 5.06. The van der Waals surface area contributed by atoms with Crippen molar-refractivity contribution in [1.29, 1.82) is 0 Å². The van der Waals surface area contributed by atoms with E-state index in [1.165, 1.54) is 6.20 Å². The van der Waals surface area contributed by atoms with Gasteiger partial charge < -0.3 is 9.84 Å². The first-order valence-electron chi connectivity index (χ1n) is 4.96. The third kappa shape index (κ3) is 7.76. The third-order valence-electron chi connectivity index (χ3n) is 1.64. The molecule has 0 atom stereocenters. The zero-order valence-electron chi connectivity index (χ0n) is 9.65. The molecule has 0 saturated heterocycles. The fourth-order valence-corrected chi connectivity index (χ4v) is 1.00. The van der Waals surface area contributed by atoms with E-state index in [9.17, 15) is 4.79 Å². The third-order valence-corrected chi connectivity index (χ3v) is 1.64. The van der Waals surface area contributed by atoms with E-state index in [1.807, 2.05) is 0 Å². The van der Waals surface area contributed by atoms with Crippen LogP contribution in [0.4, 0.5) is 10.6 Å². The number of aliphatic hydroxyl groups is 1. The number of hydrogen-bond acceptors (Lipinski definition) is 4. The van der Waals surface area contributed by atoms with E-state index in [1.54, 1.807) is 32.9 Å². The van der Waals surface area contributed by atoms with Crippen molar-refractivity contribution in [1.82, 2.24) is 4.98 Å². The summed E-state index contributed by atoms with van der Waals surface area (Å²) in [7, 11) is 0. The topological polar surface area (TPSA) is 71.5 Å². The van der Waals surface area contributed by atoms with Gasteiger partial charge in [-0.2, -0.15) is 0 Å². The Morgan fingerprint density at radius 3 is 2.44 bits per heavy atom. The molecule has 0 aliphatic carbocycles. The van der Waals surface area contributed by atoms with Crippen molar-refractivity contribution in [3.8, 4) is 0 Å². The standard InChI is InChI=1S/C11H16N2O3.Al.Li.4H/c1-11(2,3)16-10(15)13-9-5-4-8(7-14)6-12-9;;;;;;/h4-6,14H,7H2,1-3H3,(H,12,13,15);;;;;;. The molecule has 96 valence electrons. The first-order chi connectivity index (χ1) is 7.40. The van der Waals surface area contributed by atoms with Gasteiger partial charge in [-0.1, -0.05) is 6.07 Å². The van der Waals surface area contributed by atoms with E-state index in [0.717, 1.165) is 0 Å². The minimum atomic E-state index is -0.545. The normalized spacial score (nSPS) is 9.78. The van der Waals surface area contributed by atoms with Crippen molar-refractivity contribution in [2.24, 2.45) is 0 Å². The molecule has 1 aromatic rings.